The molecule has 4 heteroatoms. The molecule has 0 N–H and O–H groups in total. The highest BCUT2D eigenvalue weighted by molar-refractivity contribution is 5.68. The monoisotopic (exact) mass is 216 g/mol. The van der Waals surface area contributed by atoms with Crippen LogP contribution in [-0.4, -0.2) is 15.9 Å². The maximum atomic E-state index is 11.4. The Morgan fingerprint density at radius 2 is 2.12 bits per heavy atom. The van der Waals surface area contributed by atoms with E-state index in [2.05, 4.69) is 5.10 Å². The lowest BCUT2D eigenvalue weighted by Crippen LogP contribution is -2.13. The maximum Gasteiger partial charge on any atom is 0.434 e. The topological polar surface area (TPSA) is 44.1 Å². The normalized spacial score (nSPS) is 10.1. The molecular formula is C12H12N2O2. The summed E-state index contributed by atoms with van der Waals surface area (Å²) in [6.45, 7) is 2.28. The molecule has 0 radical (unpaired) electrons. The summed E-state index contributed by atoms with van der Waals surface area (Å²) in [6, 6.07) is 9.51. The van der Waals surface area contributed by atoms with Crippen LogP contribution in [0.25, 0.3) is 0 Å². The van der Waals surface area contributed by atoms with E-state index in [0.717, 1.165) is 10.2 Å². The second-order valence-electron chi connectivity index (χ2n) is 3.49. The summed E-state index contributed by atoms with van der Waals surface area (Å²) >= 11 is 0. The molecule has 0 saturated carbocycles. The SMILES string of the molecule is Cc1ccc(COC(=O)n2cccn2)cc1. The zero-order valence-corrected chi connectivity index (χ0v) is 8.96. The number of nitrogens with zero attached hydrogens (tertiary/aromatic N) is 2. The van der Waals surface area contributed by atoms with Gasteiger partial charge in [-0.05, 0) is 18.6 Å². The molecule has 4 nitrogen and oxygen atoms in total. The number of carbonyl (C=O) groups excluding carboxylic acids is 1. The van der Waals surface area contributed by atoms with Gasteiger partial charge in [-0.15, -0.1) is 0 Å². The van der Waals surface area contributed by atoms with Gasteiger partial charge in [-0.25, -0.2) is 4.79 Å². The van der Waals surface area contributed by atoms with E-state index in [-0.39, 0.29) is 6.61 Å². The number of aryl methyl sites for hydroxylation is 1. The third-order valence-electron chi connectivity index (χ3n) is 2.17. The van der Waals surface area contributed by atoms with E-state index in [4.69, 9.17) is 4.74 Å². The van der Waals surface area contributed by atoms with E-state index in [0.29, 0.717) is 0 Å². The van der Waals surface area contributed by atoms with Crippen molar-refractivity contribution in [1.82, 2.24) is 9.78 Å². The fraction of sp³-hybridized carbons (Fsp3) is 0.167. The van der Waals surface area contributed by atoms with Gasteiger partial charge in [0, 0.05) is 12.4 Å². The predicted octanol–water partition coefficient (Wildman–Crippen LogP) is 2.38. The molecule has 0 unspecified atom stereocenters. The van der Waals surface area contributed by atoms with Gasteiger partial charge in [-0.1, -0.05) is 29.8 Å². The molecule has 1 aromatic carbocycles. The molecule has 0 aliphatic rings. The molecule has 0 aliphatic heterocycles. The molecular weight excluding hydrogens is 204 g/mol. The lowest BCUT2D eigenvalue weighted by Gasteiger charge is -2.04. The molecule has 0 saturated heterocycles. The van der Waals surface area contributed by atoms with Crippen LogP contribution < -0.4 is 0 Å². The fourth-order valence-corrected chi connectivity index (χ4v) is 1.27. The number of carbonyl (C=O) groups is 1. The van der Waals surface area contributed by atoms with Gasteiger partial charge in [-0.2, -0.15) is 9.78 Å². The summed E-state index contributed by atoms with van der Waals surface area (Å²) in [5.74, 6) is 0. The quantitative estimate of drug-likeness (QED) is 0.774. The van der Waals surface area contributed by atoms with Crippen LogP contribution in [0.3, 0.4) is 0 Å². The number of rotatable bonds is 2. The van der Waals surface area contributed by atoms with Crippen LogP contribution in [0.5, 0.6) is 0 Å². The minimum atomic E-state index is -0.467. The summed E-state index contributed by atoms with van der Waals surface area (Å²) in [5.41, 5.74) is 2.15. The molecule has 16 heavy (non-hydrogen) atoms. The highest BCUT2D eigenvalue weighted by atomic mass is 16.6. The Morgan fingerprint density at radius 3 is 2.75 bits per heavy atom. The molecule has 0 amide bonds. The number of hydrogen-bond acceptors (Lipinski definition) is 3. The maximum absolute atomic E-state index is 11.4. The van der Waals surface area contributed by atoms with Gasteiger partial charge < -0.3 is 4.74 Å². The van der Waals surface area contributed by atoms with Crippen LogP contribution in [0.4, 0.5) is 4.79 Å². The Balaban J connectivity index is 1.93. The van der Waals surface area contributed by atoms with Crippen molar-refractivity contribution in [2.24, 2.45) is 0 Å². The van der Waals surface area contributed by atoms with Crippen molar-refractivity contribution >= 4 is 6.09 Å². The van der Waals surface area contributed by atoms with Crippen LogP contribution >= 0.6 is 0 Å². The molecule has 0 fully saturated rings. The number of benzene rings is 1. The van der Waals surface area contributed by atoms with E-state index >= 15 is 0 Å². The van der Waals surface area contributed by atoms with Crippen molar-refractivity contribution in [3.05, 3.63) is 53.9 Å². The standard InChI is InChI=1S/C12H12N2O2/c1-10-3-5-11(6-4-10)9-16-12(15)14-8-2-7-13-14/h2-8H,9H2,1H3. The minimum Gasteiger partial charge on any atom is -0.443 e. The Kier molecular flexibility index (Phi) is 3.00. The second kappa shape index (κ2) is 4.61. The zero-order valence-electron chi connectivity index (χ0n) is 8.96. The average Bonchev–Trinajstić information content (AvgIpc) is 2.81. The van der Waals surface area contributed by atoms with Crippen LogP contribution in [-0.2, 0) is 11.3 Å². The number of aromatic nitrogens is 2. The summed E-state index contributed by atoms with van der Waals surface area (Å²) in [4.78, 5) is 11.4. The first-order valence-corrected chi connectivity index (χ1v) is 4.98. The Labute approximate surface area is 93.5 Å². The first-order chi connectivity index (χ1) is 7.75. The molecule has 82 valence electrons. The molecule has 2 aromatic rings. The number of ether oxygens (including phenoxy) is 1. The molecule has 0 atom stereocenters. The largest absolute Gasteiger partial charge is 0.443 e. The minimum absolute atomic E-state index is 0.263. The third kappa shape index (κ3) is 2.48. The zero-order chi connectivity index (χ0) is 11.4. The first-order valence-electron chi connectivity index (χ1n) is 4.98. The summed E-state index contributed by atoms with van der Waals surface area (Å²) in [6.07, 6.45) is 2.62. The Bertz CT molecular complexity index is 460. The predicted molar refractivity (Wildman–Crippen MR) is 59.0 cm³/mol. The van der Waals surface area contributed by atoms with Gasteiger partial charge in [0.05, 0.1) is 0 Å². The van der Waals surface area contributed by atoms with Gasteiger partial charge in [0.25, 0.3) is 0 Å². The van der Waals surface area contributed by atoms with Gasteiger partial charge in [0.2, 0.25) is 0 Å². The molecule has 2 rings (SSSR count). The third-order valence-corrected chi connectivity index (χ3v) is 2.17. The Hall–Kier alpha value is -2.10. The van der Waals surface area contributed by atoms with Crippen molar-refractivity contribution in [3.63, 3.8) is 0 Å². The van der Waals surface area contributed by atoms with Crippen molar-refractivity contribution in [1.29, 1.82) is 0 Å². The van der Waals surface area contributed by atoms with Crippen LogP contribution in [0.2, 0.25) is 0 Å². The van der Waals surface area contributed by atoms with Crippen LogP contribution in [0, 0.1) is 6.92 Å². The highest BCUT2D eigenvalue weighted by Gasteiger charge is 2.05. The van der Waals surface area contributed by atoms with E-state index in [9.17, 15) is 4.79 Å². The first kappa shape index (κ1) is 10.4. The summed E-state index contributed by atoms with van der Waals surface area (Å²) < 4.78 is 6.23. The van der Waals surface area contributed by atoms with Crippen LogP contribution in [0.1, 0.15) is 11.1 Å². The Morgan fingerprint density at radius 1 is 1.38 bits per heavy atom. The van der Waals surface area contributed by atoms with E-state index < -0.39 is 6.09 Å². The molecule has 1 heterocycles. The van der Waals surface area contributed by atoms with Gasteiger partial charge in [-0.3, -0.25) is 0 Å². The summed E-state index contributed by atoms with van der Waals surface area (Å²) in [7, 11) is 0. The molecule has 0 bridgehead atoms. The summed E-state index contributed by atoms with van der Waals surface area (Å²) in [5, 5.41) is 3.78. The molecule has 0 aliphatic carbocycles. The smallest absolute Gasteiger partial charge is 0.434 e. The van der Waals surface area contributed by atoms with E-state index in [1.54, 1.807) is 12.3 Å². The van der Waals surface area contributed by atoms with E-state index in [1.165, 1.54) is 11.8 Å². The van der Waals surface area contributed by atoms with E-state index in [1.807, 2.05) is 31.2 Å². The molecule has 1 aromatic heterocycles. The lowest BCUT2D eigenvalue weighted by atomic mass is 10.2. The van der Waals surface area contributed by atoms with Crippen molar-refractivity contribution in [2.75, 3.05) is 0 Å². The highest BCUT2D eigenvalue weighted by Crippen LogP contribution is 2.05. The average molecular weight is 216 g/mol. The van der Waals surface area contributed by atoms with Crippen molar-refractivity contribution < 1.29 is 9.53 Å². The van der Waals surface area contributed by atoms with Crippen molar-refractivity contribution in [2.45, 2.75) is 13.5 Å². The number of hydrogen-bond donors (Lipinski definition) is 0. The van der Waals surface area contributed by atoms with Gasteiger partial charge >= 0.3 is 6.09 Å². The second-order valence-corrected chi connectivity index (χ2v) is 3.49. The van der Waals surface area contributed by atoms with Crippen molar-refractivity contribution in [3.8, 4) is 0 Å². The lowest BCUT2D eigenvalue weighted by molar-refractivity contribution is 0.138. The fourth-order valence-electron chi connectivity index (χ4n) is 1.27. The molecule has 0 spiro atoms. The van der Waals surface area contributed by atoms with Gasteiger partial charge in [0.15, 0.2) is 0 Å². The van der Waals surface area contributed by atoms with Gasteiger partial charge in [0.1, 0.15) is 6.61 Å². The van der Waals surface area contributed by atoms with Crippen LogP contribution in [0.15, 0.2) is 42.7 Å².